The lowest BCUT2D eigenvalue weighted by atomic mass is 10.0. The van der Waals surface area contributed by atoms with Gasteiger partial charge in [0.1, 0.15) is 18.0 Å². The molecule has 190 valence electrons. The highest BCUT2D eigenvalue weighted by Crippen LogP contribution is 2.29. The highest BCUT2D eigenvalue weighted by Gasteiger charge is 2.50. The number of carbonyl (C=O) groups is 4. The topological polar surface area (TPSA) is 114 Å². The molecular formula is C25H28FN5O5. The van der Waals surface area contributed by atoms with E-state index in [1.165, 1.54) is 27.1 Å². The Balaban J connectivity index is 1.59. The maximum Gasteiger partial charge on any atom is 0.334 e. The van der Waals surface area contributed by atoms with Crippen LogP contribution in [0.25, 0.3) is 0 Å². The van der Waals surface area contributed by atoms with Gasteiger partial charge in [-0.2, -0.15) is 0 Å². The van der Waals surface area contributed by atoms with E-state index in [-0.39, 0.29) is 56.7 Å². The van der Waals surface area contributed by atoms with Gasteiger partial charge in [0.25, 0.3) is 0 Å². The maximum atomic E-state index is 13.4. The standard InChI is InChI=1S/C25H28FN5O5/c1-28-16-22(32)30-20(11-12-23(33)34)24(35)29(14-18-5-3-2-4-6-18)15-21(30)31(28)25(36)27-13-17-7-9-19(26)10-8-17/h2-10,20-21H,11-16H2,1H3,(H,27,36)(H,33,34)/t20?,21-/m0/s1. The van der Waals surface area contributed by atoms with Crippen molar-refractivity contribution in [1.82, 2.24) is 25.1 Å². The molecule has 0 aromatic heterocycles. The Morgan fingerprint density at radius 2 is 1.75 bits per heavy atom. The third-order valence-electron chi connectivity index (χ3n) is 6.35. The first-order valence-corrected chi connectivity index (χ1v) is 11.6. The number of carbonyl (C=O) groups excluding carboxylic acids is 3. The van der Waals surface area contributed by atoms with Crippen LogP contribution in [0.2, 0.25) is 0 Å². The monoisotopic (exact) mass is 497 g/mol. The Morgan fingerprint density at radius 1 is 1.06 bits per heavy atom. The predicted molar refractivity (Wildman–Crippen MR) is 126 cm³/mol. The number of hydrogen-bond donors (Lipinski definition) is 2. The van der Waals surface area contributed by atoms with E-state index in [1.54, 1.807) is 24.1 Å². The molecule has 36 heavy (non-hydrogen) atoms. The van der Waals surface area contributed by atoms with Crippen LogP contribution < -0.4 is 5.32 Å². The molecule has 2 aliphatic heterocycles. The molecule has 0 bridgehead atoms. The van der Waals surface area contributed by atoms with Gasteiger partial charge >= 0.3 is 12.0 Å². The van der Waals surface area contributed by atoms with Crippen LogP contribution >= 0.6 is 0 Å². The second kappa shape index (κ2) is 10.7. The summed E-state index contributed by atoms with van der Waals surface area (Å²) in [4.78, 5) is 54.0. The zero-order valence-electron chi connectivity index (χ0n) is 19.8. The average Bonchev–Trinajstić information content (AvgIpc) is 2.84. The lowest BCUT2D eigenvalue weighted by Gasteiger charge is -2.54. The number of rotatable bonds is 7. The van der Waals surface area contributed by atoms with E-state index in [4.69, 9.17) is 0 Å². The number of halogens is 1. The summed E-state index contributed by atoms with van der Waals surface area (Å²) in [5.41, 5.74) is 1.57. The van der Waals surface area contributed by atoms with Gasteiger partial charge in [0, 0.05) is 26.6 Å². The number of nitrogens with one attached hydrogen (secondary N) is 1. The third kappa shape index (κ3) is 5.46. The lowest BCUT2D eigenvalue weighted by Crippen LogP contribution is -2.75. The lowest BCUT2D eigenvalue weighted by molar-refractivity contribution is -0.188. The Hall–Kier alpha value is -3.99. The van der Waals surface area contributed by atoms with E-state index >= 15 is 0 Å². The summed E-state index contributed by atoms with van der Waals surface area (Å²) >= 11 is 0. The van der Waals surface area contributed by atoms with Crippen molar-refractivity contribution in [3.05, 3.63) is 71.5 Å². The molecule has 2 aromatic rings. The summed E-state index contributed by atoms with van der Waals surface area (Å²) in [7, 11) is 1.61. The maximum absolute atomic E-state index is 13.4. The number of fused-ring (bicyclic) bond motifs is 1. The summed E-state index contributed by atoms with van der Waals surface area (Å²) in [6.07, 6.45) is -1.17. The van der Waals surface area contributed by atoms with Crippen LogP contribution in [0, 0.1) is 5.82 Å². The van der Waals surface area contributed by atoms with E-state index in [2.05, 4.69) is 5.32 Å². The van der Waals surface area contributed by atoms with Crippen molar-refractivity contribution in [2.24, 2.45) is 0 Å². The molecule has 2 saturated heterocycles. The van der Waals surface area contributed by atoms with Gasteiger partial charge in [-0.3, -0.25) is 14.4 Å². The summed E-state index contributed by atoms with van der Waals surface area (Å²) in [5.74, 6) is -2.16. The molecule has 10 nitrogen and oxygen atoms in total. The molecule has 2 aliphatic rings. The van der Waals surface area contributed by atoms with Gasteiger partial charge in [0.05, 0.1) is 13.1 Å². The van der Waals surface area contributed by atoms with E-state index in [0.717, 1.165) is 5.56 Å². The van der Waals surface area contributed by atoms with Crippen LogP contribution in [-0.4, -0.2) is 81.1 Å². The number of aliphatic carboxylic acids is 1. The van der Waals surface area contributed by atoms with E-state index in [9.17, 15) is 28.7 Å². The SMILES string of the molecule is CN1CC(=O)N2C(CCC(=O)O)C(=O)N(Cc3ccccc3)C[C@@H]2N1C(=O)NCc1ccc(F)cc1. The average molecular weight is 498 g/mol. The first-order chi connectivity index (χ1) is 17.2. The smallest absolute Gasteiger partial charge is 0.334 e. The zero-order valence-corrected chi connectivity index (χ0v) is 19.8. The first kappa shape index (κ1) is 25.1. The van der Waals surface area contributed by atoms with Crippen LogP contribution in [0.1, 0.15) is 24.0 Å². The van der Waals surface area contributed by atoms with Crippen molar-refractivity contribution >= 4 is 23.8 Å². The number of amides is 4. The van der Waals surface area contributed by atoms with E-state index in [0.29, 0.717) is 5.56 Å². The Labute approximate surface area is 207 Å². The number of hydrogen-bond acceptors (Lipinski definition) is 5. The summed E-state index contributed by atoms with van der Waals surface area (Å²) < 4.78 is 13.2. The molecule has 2 fully saturated rings. The minimum atomic E-state index is -1.07. The van der Waals surface area contributed by atoms with Gasteiger partial charge in [0.15, 0.2) is 0 Å². The van der Waals surface area contributed by atoms with Gasteiger partial charge in [-0.15, -0.1) is 0 Å². The molecule has 2 aromatic carbocycles. The van der Waals surface area contributed by atoms with Crippen molar-refractivity contribution < 1.29 is 28.7 Å². The normalized spacial score (nSPS) is 20.3. The fourth-order valence-electron chi connectivity index (χ4n) is 4.65. The quantitative estimate of drug-likeness (QED) is 0.601. The Bertz CT molecular complexity index is 1130. The highest BCUT2D eigenvalue weighted by molar-refractivity contribution is 5.91. The molecule has 11 heteroatoms. The number of nitrogens with zero attached hydrogens (tertiary/aromatic N) is 4. The number of likely N-dealkylation sites (N-methyl/N-ethyl adjacent to an activating group) is 1. The van der Waals surface area contributed by atoms with Crippen LogP contribution in [-0.2, 0) is 27.5 Å². The van der Waals surface area contributed by atoms with Gasteiger partial charge in [-0.1, -0.05) is 42.5 Å². The van der Waals surface area contributed by atoms with Crippen LogP contribution in [0.5, 0.6) is 0 Å². The minimum Gasteiger partial charge on any atom is -0.481 e. The van der Waals surface area contributed by atoms with Gasteiger partial charge in [-0.05, 0) is 29.7 Å². The van der Waals surface area contributed by atoms with E-state index in [1.807, 2.05) is 30.3 Å². The molecule has 0 aliphatic carbocycles. The molecule has 2 N–H and O–H groups in total. The number of carboxylic acids is 1. The molecular weight excluding hydrogens is 469 g/mol. The molecule has 0 spiro atoms. The van der Waals surface area contributed by atoms with Crippen molar-refractivity contribution in [1.29, 1.82) is 0 Å². The fraction of sp³-hybridized carbons (Fsp3) is 0.360. The van der Waals surface area contributed by atoms with Crippen LogP contribution in [0.15, 0.2) is 54.6 Å². The number of piperazine rings is 1. The largest absolute Gasteiger partial charge is 0.481 e. The van der Waals surface area contributed by atoms with Crippen molar-refractivity contribution in [3.8, 4) is 0 Å². The highest BCUT2D eigenvalue weighted by atomic mass is 19.1. The van der Waals surface area contributed by atoms with Crippen molar-refractivity contribution in [2.45, 2.75) is 38.1 Å². The molecule has 2 atom stereocenters. The zero-order chi connectivity index (χ0) is 25.8. The molecule has 0 saturated carbocycles. The molecule has 4 rings (SSSR count). The number of urea groups is 1. The molecule has 0 radical (unpaired) electrons. The Morgan fingerprint density at radius 3 is 2.42 bits per heavy atom. The fourth-order valence-corrected chi connectivity index (χ4v) is 4.65. The third-order valence-corrected chi connectivity index (χ3v) is 6.35. The van der Waals surface area contributed by atoms with E-state index < -0.39 is 24.2 Å². The second-order valence-corrected chi connectivity index (χ2v) is 8.88. The second-order valence-electron chi connectivity index (χ2n) is 8.88. The van der Waals surface area contributed by atoms with Gasteiger partial charge in [0.2, 0.25) is 11.8 Å². The molecule has 4 amide bonds. The summed E-state index contributed by atoms with van der Waals surface area (Å²) in [6.45, 7) is 0.323. The number of benzene rings is 2. The number of hydrazine groups is 1. The van der Waals surface area contributed by atoms with Crippen molar-refractivity contribution in [2.75, 3.05) is 20.1 Å². The predicted octanol–water partition coefficient (Wildman–Crippen LogP) is 1.63. The van der Waals surface area contributed by atoms with Crippen molar-refractivity contribution in [3.63, 3.8) is 0 Å². The first-order valence-electron chi connectivity index (χ1n) is 11.6. The van der Waals surface area contributed by atoms with Gasteiger partial charge < -0.3 is 20.2 Å². The number of carboxylic acid groups (broad SMARTS) is 1. The van der Waals surface area contributed by atoms with Crippen LogP contribution in [0.4, 0.5) is 9.18 Å². The minimum absolute atomic E-state index is 0.0591. The summed E-state index contributed by atoms with van der Waals surface area (Å²) in [5, 5.41) is 14.9. The molecule has 1 unspecified atom stereocenters. The Kier molecular flexibility index (Phi) is 7.49. The van der Waals surface area contributed by atoms with Gasteiger partial charge in [-0.25, -0.2) is 19.2 Å². The van der Waals surface area contributed by atoms with Crippen LogP contribution in [0.3, 0.4) is 0 Å². The summed E-state index contributed by atoms with van der Waals surface area (Å²) in [6, 6.07) is 13.5. The molecule has 2 heterocycles.